The van der Waals surface area contributed by atoms with Gasteiger partial charge in [0, 0.05) is 41.1 Å². The number of benzene rings is 1. The van der Waals surface area contributed by atoms with Gasteiger partial charge in [-0.1, -0.05) is 35.7 Å². The van der Waals surface area contributed by atoms with Gasteiger partial charge in [-0.3, -0.25) is 19.1 Å². The molecule has 8 heteroatoms. The van der Waals surface area contributed by atoms with Gasteiger partial charge in [-0.15, -0.1) is 0 Å². The van der Waals surface area contributed by atoms with Crippen LogP contribution in [-0.4, -0.2) is 32.3 Å². The van der Waals surface area contributed by atoms with E-state index >= 15 is 0 Å². The van der Waals surface area contributed by atoms with E-state index in [9.17, 15) is 4.79 Å². The Morgan fingerprint density at radius 3 is 2.70 bits per heavy atom. The molecule has 152 valence electrons. The lowest BCUT2D eigenvalue weighted by Gasteiger charge is -2.16. The molecule has 0 bridgehead atoms. The molecule has 30 heavy (non-hydrogen) atoms. The zero-order chi connectivity index (χ0) is 21.1. The molecule has 0 saturated carbocycles. The summed E-state index contributed by atoms with van der Waals surface area (Å²) in [5.41, 5.74) is 3.46. The fourth-order valence-corrected chi connectivity index (χ4v) is 3.77. The van der Waals surface area contributed by atoms with Crippen LogP contribution in [0.15, 0.2) is 66.0 Å². The first kappa shape index (κ1) is 20.5. The first-order valence-corrected chi connectivity index (χ1v) is 11.0. The fourth-order valence-electron chi connectivity index (χ4n) is 3.23. The van der Waals surface area contributed by atoms with E-state index in [0.29, 0.717) is 33.9 Å². The molecule has 6 nitrogen and oxygen atoms in total. The summed E-state index contributed by atoms with van der Waals surface area (Å²) in [6, 6.07) is 12.9. The Kier molecular flexibility index (Phi) is 6.13. The minimum absolute atomic E-state index is 0.0455. The second kappa shape index (κ2) is 8.95. The minimum Gasteiger partial charge on any atom is -0.295 e. The smallest absolute Gasteiger partial charge is 0.261 e. The molecule has 0 aliphatic heterocycles. The number of nitrogens with one attached hydrogen (secondary N) is 1. The summed E-state index contributed by atoms with van der Waals surface area (Å²) < 4.78 is 4.85. The molecule has 0 amide bonds. The molecule has 1 aromatic carbocycles. The fraction of sp³-hybridized carbons (Fsp3) is 0.182. The molecule has 0 fully saturated rings. The van der Waals surface area contributed by atoms with Crippen molar-refractivity contribution in [2.45, 2.75) is 13.0 Å². The van der Waals surface area contributed by atoms with Crippen molar-refractivity contribution in [3.63, 3.8) is 0 Å². The van der Waals surface area contributed by atoms with Crippen LogP contribution >= 0.6 is 23.5 Å². The van der Waals surface area contributed by atoms with E-state index in [1.807, 2.05) is 49.6 Å². The Labute approximate surface area is 183 Å². The number of nitrogens with zero attached hydrogens (tertiary/aromatic N) is 4. The number of hydrogen-bond acceptors (Lipinski definition) is 6. The minimum atomic E-state index is -0.0989. The van der Waals surface area contributed by atoms with Gasteiger partial charge in [0.1, 0.15) is 5.52 Å². The predicted octanol–water partition coefficient (Wildman–Crippen LogP) is 4.60. The van der Waals surface area contributed by atoms with E-state index in [1.165, 1.54) is 11.9 Å². The number of fused-ring (bicyclic) bond motifs is 1. The Balaban J connectivity index is 1.96. The largest absolute Gasteiger partial charge is 0.295 e. The maximum atomic E-state index is 13.4. The van der Waals surface area contributed by atoms with Crippen LogP contribution in [0.2, 0.25) is 5.02 Å². The third-order valence-electron chi connectivity index (χ3n) is 4.84. The van der Waals surface area contributed by atoms with Crippen molar-refractivity contribution >= 4 is 34.5 Å². The molecular weight excluding hydrogens is 418 g/mol. The number of halogens is 1. The van der Waals surface area contributed by atoms with Crippen LogP contribution in [0.5, 0.6) is 0 Å². The molecule has 1 atom stereocenters. The van der Waals surface area contributed by atoms with Gasteiger partial charge >= 0.3 is 0 Å². The van der Waals surface area contributed by atoms with E-state index in [0.717, 1.165) is 11.1 Å². The lowest BCUT2D eigenvalue weighted by atomic mass is 10.1. The second-order valence-corrected chi connectivity index (χ2v) is 7.99. The highest BCUT2D eigenvalue weighted by Gasteiger charge is 2.16. The zero-order valence-corrected chi connectivity index (χ0v) is 18.1. The molecule has 1 N–H and O–H groups in total. The van der Waals surface area contributed by atoms with Crippen molar-refractivity contribution in [3.05, 3.63) is 76.6 Å². The summed E-state index contributed by atoms with van der Waals surface area (Å²) in [6.45, 7) is 2.64. The van der Waals surface area contributed by atoms with Gasteiger partial charge in [0.15, 0.2) is 0 Å². The standard InChI is InChI=1S/C22H20ClN5OS/c1-14(11-26-30-2)28-13-25-21-18(22(28)29)10-19(15-5-7-17(23)8-6-15)27-20(21)16-4-3-9-24-12-16/h3-10,12-14,26H,11H2,1-2H3. The first-order valence-electron chi connectivity index (χ1n) is 9.42. The monoisotopic (exact) mass is 437 g/mol. The predicted molar refractivity (Wildman–Crippen MR) is 124 cm³/mol. The molecule has 1 unspecified atom stereocenters. The molecule has 0 saturated heterocycles. The average molecular weight is 438 g/mol. The molecule has 4 rings (SSSR count). The molecule has 0 spiro atoms. The molecule has 3 aromatic heterocycles. The van der Waals surface area contributed by atoms with Crippen molar-refractivity contribution in [1.29, 1.82) is 0 Å². The van der Waals surface area contributed by atoms with E-state index < -0.39 is 0 Å². The lowest BCUT2D eigenvalue weighted by Crippen LogP contribution is -2.29. The molecular formula is C22H20ClN5OS. The summed E-state index contributed by atoms with van der Waals surface area (Å²) in [6.07, 6.45) is 6.99. The van der Waals surface area contributed by atoms with Crippen LogP contribution in [0.4, 0.5) is 0 Å². The van der Waals surface area contributed by atoms with Crippen molar-refractivity contribution in [1.82, 2.24) is 24.2 Å². The molecule has 0 aliphatic rings. The molecule has 4 aromatic rings. The van der Waals surface area contributed by atoms with Gasteiger partial charge < -0.3 is 0 Å². The molecule has 0 aliphatic carbocycles. The normalized spacial score (nSPS) is 12.2. The van der Waals surface area contributed by atoms with Gasteiger partial charge in [0.2, 0.25) is 0 Å². The number of rotatable bonds is 6. The third-order valence-corrected chi connectivity index (χ3v) is 5.55. The number of aromatic nitrogens is 4. The Bertz CT molecular complexity index is 1230. The van der Waals surface area contributed by atoms with Gasteiger partial charge in [-0.2, -0.15) is 0 Å². The summed E-state index contributed by atoms with van der Waals surface area (Å²) >= 11 is 7.57. The van der Waals surface area contributed by atoms with Crippen LogP contribution in [0.25, 0.3) is 33.4 Å². The van der Waals surface area contributed by atoms with Gasteiger partial charge in [-0.25, -0.2) is 9.97 Å². The van der Waals surface area contributed by atoms with Crippen molar-refractivity contribution in [2.75, 3.05) is 12.8 Å². The first-order chi connectivity index (χ1) is 14.6. The van der Waals surface area contributed by atoms with Crippen molar-refractivity contribution in [3.8, 4) is 22.5 Å². The van der Waals surface area contributed by atoms with Gasteiger partial charge in [0.25, 0.3) is 5.56 Å². The Hall–Kier alpha value is -2.74. The summed E-state index contributed by atoms with van der Waals surface area (Å²) in [7, 11) is 0. The SMILES string of the molecule is CSNCC(C)n1cnc2c(-c3cccnc3)nc(-c3ccc(Cl)cc3)cc2c1=O. The second-order valence-electron chi connectivity index (χ2n) is 6.86. The maximum absolute atomic E-state index is 13.4. The van der Waals surface area contributed by atoms with Crippen LogP contribution in [0.3, 0.4) is 0 Å². The van der Waals surface area contributed by atoms with Gasteiger partial charge in [0.05, 0.1) is 23.1 Å². The number of pyridine rings is 2. The number of hydrogen-bond donors (Lipinski definition) is 1. The quantitative estimate of drug-likeness (QED) is 0.444. The van der Waals surface area contributed by atoms with Crippen LogP contribution < -0.4 is 10.3 Å². The van der Waals surface area contributed by atoms with Crippen LogP contribution in [0.1, 0.15) is 13.0 Å². The van der Waals surface area contributed by atoms with E-state index in [4.69, 9.17) is 16.6 Å². The topological polar surface area (TPSA) is 72.7 Å². The third kappa shape index (κ3) is 4.09. The van der Waals surface area contributed by atoms with Gasteiger partial charge in [-0.05, 0) is 43.5 Å². The maximum Gasteiger partial charge on any atom is 0.261 e. The lowest BCUT2D eigenvalue weighted by molar-refractivity contribution is 0.524. The van der Waals surface area contributed by atoms with Crippen molar-refractivity contribution in [2.24, 2.45) is 0 Å². The zero-order valence-electron chi connectivity index (χ0n) is 16.5. The van der Waals surface area contributed by atoms with Crippen LogP contribution in [-0.2, 0) is 0 Å². The van der Waals surface area contributed by atoms with Crippen molar-refractivity contribution < 1.29 is 0 Å². The van der Waals surface area contributed by atoms with E-state index in [-0.39, 0.29) is 11.6 Å². The highest BCUT2D eigenvalue weighted by molar-refractivity contribution is 7.96. The Morgan fingerprint density at radius 1 is 1.20 bits per heavy atom. The summed E-state index contributed by atoms with van der Waals surface area (Å²) in [5.74, 6) is 0. The molecule has 0 radical (unpaired) electrons. The molecule has 3 heterocycles. The highest BCUT2D eigenvalue weighted by atomic mass is 35.5. The summed E-state index contributed by atoms with van der Waals surface area (Å²) in [5, 5.41) is 1.17. The summed E-state index contributed by atoms with van der Waals surface area (Å²) in [4.78, 5) is 27.0. The average Bonchev–Trinajstić information content (AvgIpc) is 2.78. The Morgan fingerprint density at radius 2 is 2.00 bits per heavy atom. The highest BCUT2D eigenvalue weighted by Crippen LogP contribution is 2.29. The van der Waals surface area contributed by atoms with E-state index in [2.05, 4.69) is 14.7 Å². The van der Waals surface area contributed by atoms with Crippen LogP contribution in [0, 0.1) is 0 Å². The van der Waals surface area contributed by atoms with E-state index in [1.54, 1.807) is 29.4 Å².